The Kier molecular flexibility index (Phi) is 5.52. The Balaban J connectivity index is 1.56. The molecule has 5 rings (SSSR count). The number of nitrogens with zero attached hydrogens (tertiary/aromatic N) is 4. The number of fused-ring (bicyclic) bond motifs is 1. The quantitative estimate of drug-likeness (QED) is 0.468. The summed E-state index contributed by atoms with van der Waals surface area (Å²) in [4.78, 5) is 17.0. The average Bonchev–Trinajstić information content (AvgIpc) is 3.38. The molecule has 1 aromatic heterocycles. The van der Waals surface area contributed by atoms with Crippen LogP contribution in [-0.2, 0) is 6.42 Å². The Labute approximate surface area is 192 Å². The normalized spacial score (nSPS) is 15.1. The van der Waals surface area contributed by atoms with Crippen LogP contribution in [0.1, 0.15) is 33.2 Å². The van der Waals surface area contributed by atoms with Crippen molar-refractivity contribution in [2.45, 2.75) is 12.5 Å². The highest BCUT2D eigenvalue weighted by Crippen LogP contribution is 2.41. The van der Waals surface area contributed by atoms with Crippen molar-refractivity contribution < 1.29 is 14.3 Å². The molecule has 33 heavy (non-hydrogen) atoms. The predicted molar refractivity (Wildman–Crippen MR) is 124 cm³/mol. The number of hydrogen-bond donors (Lipinski definition) is 0. The smallest absolute Gasteiger partial charge is 0.276 e. The van der Waals surface area contributed by atoms with Gasteiger partial charge >= 0.3 is 0 Å². The Morgan fingerprint density at radius 2 is 1.61 bits per heavy atom. The second-order valence-electron chi connectivity index (χ2n) is 7.82. The predicted octanol–water partition coefficient (Wildman–Crippen LogP) is 4.07. The van der Waals surface area contributed by atoms with Crippen LogP contribution in [0, 0.1) is 0 Å². The van der Waals surface area contributed by atoms with E-state index in [1.807, 2.05) is 77.7 Å². The second kappa shape index (κ2) is 8.78. The van der Waals surface area contributed by atoms with Gasteiger partial charge in [-0.1, -0.05) is 48.5 Å². The van der Waals surface area contributed by atoms with Gasteiger partial charge in [0.05, 0.1) is 32.1 Å². The van der Waals surface area contributed by atoms with E-state index in [9.17, 15) is 4.79 Å². The molecule has 7 heteroatoms. The second-order valence-corrected chi connectivity index (χ2v) is 7.82. The van der Waals surface area contributed by atoms with Gasteiger partial charge < -0.3 is 14.4 Å². The first-order valence-corrected chi connectivity index (χ1v) is 10.8. The minimum Gasteiger partial charge on any atom is -0.493 e. The van der Waals surface area contributed by atoms with Crippen LogP contribution in [0.15, 0.2) is 79.0 Å². The maximum absolute atomic E-state index is 13.7. The molecule has 0 N–H and O–H groups in total. The third-order valence-electron chi connectivity index (χ3n) is 5.95. The summed E-state index contributed by atoms with van der Waals surface area (Å²) in [7, 11) is 3.25. The van der Waals surface area contributed by atoms with Crippen molar-refractivity contribution in [3.8, 4) is 17.2 Å². The van der Waals surface area contributed by atoms with E-state index in [2.05, 4.69) is 10.2 Å². The van der Waals surface area contributed by atoms with Crippen molar-refractivity contribution in [3.05, 3.63) is 101 Å². The molecule has 0 fully saturated rings. The molecule has 7 nitrogen and oxygen atoms in total. The lowest BCUT2D eigenvalue weighted by Crippen LogP contribution is -2.41. The van der Waals surface area contributed by atoms with E-state index in [-0.39, 0.29) is 11.9 Å². The Hall–Kier alpha value is -4.13. The molecular weight excluding hydrogens is 416 g/mol. The van der Waals surface area contributed by atoms with E-state index < -0.39 is 0 Å². The fourth-order valence-electron chi connectivity index (χ4n) is 4.35. The number of hydrogen-bond acceptors (Lipinski definition) is 5. The van der Waals surface area contributed by atoms with E-state index in [1.54, 1.807) is 14.2 Å². The summed E-state index contributed by atoms with van der Waals surface area (Å²) in [6.07, 6.45) is 2.24. The molecule has 2 heterocycles. The number of rotatable bonds is 5. The first-order valence-electron chi connectivity index (χ1n) is 10.8. The molecule has 1 amide bonds. The summed E-state index contributed by atoms with van der Waals surface area (Å²) in [6.45, 7) is 0.555. The van der Waals surface area contributed by atoms with Gasteiger partial charge in [-0.2, -0.15) is 9.90 Å². The van der Waals surface area contributed by atoms with Crippen LogP contribution >= 0.6 is 0 Å². The zero-order valence-electron chi connectivity index (χ0n) is 18.5. The van der Waals surface area contributed by atoms with Gasteiger partial charge in [0.1, 0.15) is 0 Å². The topological polar surface area (TPSA) is 69.5 Å². The summed E-state index contributed by atoms with van der Waals surface area (Å²) in [5.41, 5.74) is 4.29. The fourth-order valence-corrected chi connectivity index (χ4v) is 4.35. The number of ether oxygens (including phenoxy) is 2. The SMILES string of the molecule is COc1cc2c(cc1OC)C(c1ccccc1)N(C(=O)c1cnn(-c3ccccc3)n1)CC2. The number of benzene rings is 3. The van der Waals surface area contributed by atoms with Crippen LogP contribution in [0.25, 0.3) is 5.69 Å². The van der Waals surface area contributed by atoms with Gasteiger partial charge in [-0.15, -0.1) is 5.10 Å². The van der Waals surface area contributed by atoms with E-state index in [4.69, 9.17) is 9.47 Å². The highest BCUT2D eigenvalue weighted by molar-refractivity contribution is 5.92. The number of methoxy groups -OCH3 is 2. The van der Waals surface area contributed by atoms with Crippen molar-refractivity contribution in [3.63, 3.8) is 0 Å². The average molecular weight is 441 g/mol. The fraction of sp³-hybridized carbons (Fsp3) is 0.192. The van der Waals surface area contributed by atoms with Crippen LogP contribution in [0.4, 0.5) is 0 Å². The number of aromatic nitrogens is 3. The van der Waals surface area contributed by atoms with Crippen molar-refractivity contribution in [1.82, 2.24) is 19.9 Å². The summed E-state index contributed by atoms with van der Waals surface area (Å²) < 4.78 is 11.1. The first-order chi connectivity index (χ1) is 16.2. The number of carbonyl (C=O) groups excluding carboxylic acids is 1. The van der Waals surface area contributed by atoms with Gasteiger partial charge in [0.15, 0.2) is 17.2 Å². The van der Waals surface area contributed by atoms with Crippen molar-refractivity contribution in [2.75, 3.05) is 20.8 Å². The molecule has 1 unspecified atom stereocenters. The van der Waals surface area contributed by atoms with E-state index in [0.717, 1.165) is 22.4 Å². The van der Waals surface area contributed by atoms with Crippen molar-refractivity contribution in [1.29, 1.82) is 0 Å². The molecule has 0 spiro atoms. The van der Waals surface area contributed by atoms with Gasteiger partial charge in [-0.05, 0) is 47.4 Å². The molecule has 166 valence electrons. The molecule has 0 saturated carbocycles. The van der Waals surface area contributed by atoms with Crippen LogP contribution in [-0.4, -0.2) is 46.6 Å². The highest BCUT2D eigenvalue weighted by atomic mass is 16.5. The number of carbonyl (C=O) groups is 1. The molecule has 0 radical (unpaired) electrons. The zero-order valence-corrected chi connectivity index (χ0v) is 18.5. The molecule has 0 saturated heterocycles. The minimum absolute atomic E-state index is 0.161. The lowest BCUT2D eigenvalue weighted by Gasteiger charge is -2.37. The van der Waals surface area contributed by atoms with Gasteiger partial charge in [-0.3, -0.25) is 4.79 Å². The Morgan fingerprint density at radius 3 is 2.30 bits per heavy atom. The van der Waals surface area contributed by atoms with Gasteiger partial charge in [0.25, 0.3) is 5.91 Å². The maximum Gasteiger partial charge on any atom is 0.276 e. The van der Waals surface area contributed by atoms with E-state index in [1.165, 1.54) is 11.0 Å². The van der Waals surface area contributed by atoms with Gasteiger partial charge in [0, 0.05) is 6.54 Å². The zero-order chi connectivity index (χ0) is 22.8. The summed E-state index contributed by atoms with van der Waals surface area (Å²) in [5.74, 6) is 1.17. The maximum atomic E-state index is 13.7. The molecule has 1 atom stereocenters. The minimum atomic E-state index is -0.274. The summed E-state index contributed by atoms with van der Waals surface area (Å²) in [6, 6.07) is 23.3. The van der Waals surface area contributed by atoms with Crippen molar-refractivity contribution in [2.24, 2.45) is 0 Å². The van der Waals surface area contributed by atoms with Crippen LogP contribution in [0.3, 0.4) is 0 Å². The van der Waals surface area contributed by atoms with Crippen LogP contribution in [0.2, 0.25) is 0 Å². The lowest BCUT2D eigenvalue weighted by molar-refractivity contribution is 0.0687. The van der Waals surface area contributed by atoms with Gasteiger partial charge in [0.2, 0.25) is 0 Å². The molecule has 3 aromatic carbocycles. The molecule has 0 aliphatic carbocycles. The first kappa shape index (κ1) is 20.8. The Morgan fingerprint density at radius 1 is 0.939 bits per heavy atom. The number of amides is 1. The molecular formula is C26H24N4O3. The molecule has 1 aliphatic rings. The largest absolute Gasteiger partial charge is 0.493 e. The summed E-state index contributed by atoms with van der Waals surface area (Å²) in [5, 5.41) is 8.79. The monoisotopic (exact) mass is 440 g/mol. The lowest BCUT2D eigenvalue weighted by atomic mass is 9.87. The van der Waals surface area contributed by atoms with Gasteiger partial charge in [-0.25, -0.2) is 0 Å². The van der Waals surface area contributed by atoms with Crippen LogP contribution in [0.5, 0.6) is 11.5 Å². The third kappa shape index (κ3) is 3.82. The van der Waals surface area contributed by atoms with E-state index in [0.29, 0.717) is 30.2 Å². The van der Waals surface area contributed by atoms with Crippen LogP contribution < -0.4 is 9.47 Å². The molecule has 4 aromatic rings. The Bertz CT molecular complexity index is 1270. The standard InChI is InChI=1S/C26H24N4O3/c1-32-23-15-19-13-14-29(25(18-9-5-3-6-10-18)21(19)16-24(23)33-2)26(31)22-17-27-30(28-22)20-11-7-4-8-12-20/h3-12,15-17,25H,13-14H2,1-2H3. The third-order valence-corrected chi connectivity index (χ3v) is 5.95. The number of para-hydroxylation sites is 1. The van der Waals surface area contributed by atoms with E-state index >= 15 is 0 Å². The summed E-state index contributed by atoms with van der Waals surface area (Å²) >= 11 is 0. The molecule has 1 aliphatic heterocycles. The highest BCUT2D eigenvalue weighted by Gasteiger charge is 2.34. The molecule has 0 bridgehead atoms. The van der Waals surface area contributed by atoms with Crippen molar-refractivity contribution >= 4 is 5.91 Å².